The number of para-hydroxylation sites is 1. The van der Waals surface area contributed by atoms with Gasteiger partial charge in [0.1, 0.15) is 6.54 Å². The molecule has 2 rings (SSSR count). The molecule has 0 atom stereocenters. The van der Waals surface area contributed by atoms with Crippen LogP contribution in [0.3, 0.4) is 0 Å². The van der Waals surface area contributed by atoms with Crippen molar-refractivity contribution in [3.8, 4) is 0 Å². The number of carbonyl (C=O) groups excluding carboxylic acids is 1. The second kappa shape index (κ2) is 10.7. The van der Waals surface area contributed by atoms with Gasteiger partial charge in [-0.05, 0) is 56.9 Å². The first kappa shape index (κ1) is 21.7. The lowest BCUT2D eigenvalue weighted by Crippen LogP contribution is -2.41. The number of likely N-dealkylation sites (tertiary alicyclic amines) is 1. The third kappa shape index (κ3) is 7.14. The third-order valence-electron chi connectivity index (χ3n) is 5.00. The fourth-order valence-corrected chi connectivity index (χ4v) is 4.40. The van der Waals surface area contributed by atoms with Gasteiger partial charge < -0.3 is 10.2 Å². The van der Waals surface area contributed by atoms with Crippen LogP contribution >= 0.6 is 0 Å². The highest BCUT2D eigenvalue weighted by Crippen LogP contribution is 2.23. The predicted octanol–water partition coefficient (Wildman–Crippen LogP) is 2.40. The molecular weight excluding hydrogens is 362 g/mol. The largest absolute Gasteiger partial charge is 0.354 e. The number of nitrogens with one attached hydrogen (secondary N) is 1. The van der Waals surface area contributed by atoms with E-state index in [-0.39, 0.29) is 12.5 Å². The average molecular weight is 396 g/mol. The van der Waals surface area contributed by atoms with Crippen LogP contribution in [0.2, 0.25) is 0 Å². The van der Waals surface area contributed by atoms with E-state index in [4.69, 9.17) is 0 Å². The maximum absolute atomic E-state index is 12.3. The summed E-state index contributed by atoms with van der Waals surface area (Å²) in [5.41, 5.74) is 1.50. The average Bonchev–Trinajstić information content (AvgIpc) is 2.91. The number of rotatable bonds is 9. The third-order valence-corrected chi connectivity index (χ3v) is 6.13. The topological polar surface area (TPSA) is 69.7 Å². The number of hydrogen-bond donors (Lipinski definition) is 1. The van der Waals surface area contributed by atoms with Crippen LogP contribution in [0.5, 0.6) is 0 Å². The number of aryl methyl sites for hydroxylation is 1. The van der Waals surface area contributed by atoms with Gasteiger partial charge >= 0.3 is 0 Å². The summed E-state index contributed by atoms with van der Waals surface area (Å²) in [5, 5.41) is 2.88. The highest BCUT2D eigenvalue weighted by Gasteiger charge is 2.22. The van der Waals surface area contributed by atoms with Gasteiger partial charge in [-0.15, -0.1) is 0 Å². The minimum atomic E-state index is -3.53. The summed E-state index contributed by atoms with van der Waals surface area (Å²) in [4.78, 5) is 14.8. The van der Waals surface area contributed by atoms with E-state index in [1.807, 2.05) is 19.1 Å². The zero-order valence-electron chi connectivity index (χ0n) is 16.6. The summed E-state index contributed by atoms with van der Waals surface area (Å²) in [5.74, 6) is -0.262. The van der Waals surface area contributed by atoms with Crippen molar-refractivity contribution in [3.63, 3.8) is 0 Å². The lowest BCUT2D eigenvalue weighted by Gasteiger charge is -2.24. The molecule has 27 heavy (non-hydrogen) atoms. The van der Waals surface area contributed by atoms with Crippen molar-refractivity contribution in [2.24, 2.45) is 0 Å². The van der Waals surface area contributed by atoms with Crippen LogP contribution in [0.4, 0.5) is 5.69 Å². The van der Waals surface area contributed by atoms with Gasteiger partial charge in [0.25, 0.3) is 0 Å². The molecule has 1 aliphatic rings. The Hall–Kier alpha value is -1.60. The minimum absolute atomic E-state index is 0.181. The van der Waals surface area contributed by atoms with Crippen LogP contribution in [-0.4, -0.2) is 58.2 Å². The molecular formula is C20H33N3O3S. The normalized spacial score (nSPS) is 15.9. The van der Waals surface area contributed by atoms with Crippen LogP contribution < -0.4 is 9.62 Å². The van der Waals surface area contributed by atoms with E-state index in [9.17, 15) is 13.2 Å². The first-order chi connectivity index (χ1) is 12.9. The Morgan fingerprint density at radius 1 is 1.15 bits per heavy atom. The molecule has 0 spiro atoms. The number of hydrogen-bond acceptors (Lipinski definition) is 4. The summed E-state index contributed by atoms with van der Waals surface area (Å²) in [6, 6.07) is 7.33. The summed E-state index contributed by atoms with van der Waals surface area (Å²) in [6.45, 7) is 5.63. The molecule has 0 aromatic heterocycles. The van der Waals surface area contributed by atoms with Gasteiger partial charge in [0.2, 0.25) is 15.9 Å². The van der Waals surface area contributed by atoms with E-state index >= 15 is 0 Å². The zero-order valence-corrected chi connectivity index (χ0v) is 17.4. The van der Waals surface area contributed by atoms with E-state index in [1.165, 1.54) is 30.0 Å². The van der Waals surface area contributed by atoms with Crippen LogP contribution in [0.15, 0.2) is 24.3 Å². The molecule has 6 nitrogen and oxygen atoms in total. The number of sulfonamides is 1. The number of benzene rings is 1. The van der Waals surface area contributed by atoms with Gasteiger partial charge in [0.05, 0.1) is 11.9 Å². The Labute approximate surface area is 164 Å². The highest BCUT2D eigenvalue weighted by molar-refractivity contribution is 7.92. The van der Waals surface area contributed by atoms with E-state index in [2.05, 4.69) is 10.2 Å². The Balaban J connectivity index is 1.87. The molecule has 0 bridgehead atoms. The monoisotopic (exact) mass is 395 g/mol. The molecule has 7 heteroatoms. The quantitative estimate of drug-likeness (QED) is 0.652. The van der Waals surface area contributed by atoms with Gasteiger partial charge in [-0.3, -0.25) is 9.10 Å². The maximum Gasteiger partial charge on any atom is 0.240 e. The molecule has 1 heterocycles. The molecule has 1 aromatic rings. The van der Waals surface area contributed by atoms with E-state index in [0.29, 0.717) is 18.7 Å². The lowest BCUT2D eigenvalue weighted by atomic mass is 10.1. The molecule has 0 unspecified atom stereocenters. The van der Waals surface area contributed by atoms with Gasteiger partial charge in [-0.1, -0.05) is 38.0 Å². The van der Waals surface area contributed by atoms with Gasteiger partial charge in [-0.2, -0.15) is 0 Å². The Morgan fingerprint density at radius 2 is 1.81 bits per heavy atom. The van der Waals surface area contributed by atoms with Crippen LogP contribution in [0.25, 0.3) is 0 Å². The number of anilines is 1. The molecule has 1 N–H and O–H groups in total. The fraction of sp³-hybridized carbons (Fsp3) is 0.650. The van der Waals surface area contributed by atoms with Crippen LogP contribution in [0.1, 0.15) is 44.6 Å². The predicted molar refractivity (Wildman–Crippen MR) is 111 cm³/mol. The second-order valence-electron chi connectivity index (χ2n) is 7.21. The van der Waals surface area contributed by atoms with Crippen molar-refractivity contribution in [3.05, 3.63) is 29.8 Å². The molecule has 0 aliphatic carbocycles. The fourth-order valence-electron chi connectivity index (χ4n) is 3.51. The van der Waals surface area contributed by atoms with Gasteiger partial charge in [0, 0.05) is 6.54 Å². The molecule has 152 valence electrons. The van der Waals surface area contributed by atoms with Gasteiger partial charge in [-0.25, -0.2) is 8.42 Å². The van der Waals surface area contributed by atoms with Crippen molar-refractivity contribution < 1.29 is 13.2 Å². The van der Waals surface area contributed by atoms with Crippen molar-refractivity contribution in [2.75, 3.05) is 43.3 Å². The summed E-state index contributed by atoms with van der Waals surface area (Å²) < 4.78 is 25.7. The smallest absolute Gasteiger partial charge is 0.240 e. The molecule has 1 fully saturated rings. The van der Waals surface area contributed by atoms with Crippen molar-refractivity contribution >= 4 is 21.6 Å². The molecule has 0 radical (unpaired) electrons. The van der Waals surface area contributed by atoms with Crippen molar-refractivity contribution in [2.45, 2.75) is 45.4 Å². The first-order valence-electron chi connectivity index (χ1n) is 9.96. The number of amides is 1. The van der Waals surface area contributed by atoms with E-state index in [0.717, 1.165) is 37.9 Å². The molecule has 1 saturated heterocycles. The minimum Gasteiger partial charge on any atom is -0.354 e. The first-order valence-corrected chi connectivity index (χ1v) is 11.8. The van der Waals surface area contributed by atoms with E-state index < -0.39 is 10.0 Å². The molecule has 1 aromatic carbocycles. The maximum atomic E-state index is 12.3. The molecule has 1 amide bonds. The SMILES string of the molecule is CCc1ccccc1N(CC(=O)NCCCN1CCCCCC1)S(C)(=O)=O. The summed E-state index contributed by atoms with van der Waals surface area (Å²) >= 11 is 0. The highest BCUT2D eigenvalue weighted by atomic mass is 32.2. The Bertz CT molecular complexity index is 698. The van der Waals surface area contributed by atoms with Crippen molar-refractivity contribution in [1.82, 2.24) is 10.2 Å². The second-order valence-corrected chi connectivity index (χ2v) is 9.12. The summed E-state index contributed by atoms with van der Waals surface area (Å²) in [6.07, 6.45) is 7.88. The number of nitrogens with zero attached hydrogens (tertiary/aromatic N) is 2. The van der Waals surface area contributed by atoms with Crippen LogP contribution in [-0.2, 0) is 21.2 Å². The summed E-state index contributed by atoms with van der Waals surface area (Å²) in [7, 11) is -3.53. The molecule has 1 aliphatic heterocycles. The standard InChI is InChI=1S/C20H33N3O3S/c1-3-18-11-6-7-12-19(18)23(27(2,25)26)17-20(24)21-13-10-16-22-14-8-4-5-9-15-22/h6-7,11-12H,3-5,8-10,13-17H2,1-2H3,(H,21,24). The van der Waals surface area contributed by atoms with Crippen LogP contribution in [0, 0.1) is 0 Å². The van der Waals surface area contributed by atoms with E-state index in [1.54, 1.807) is 12.1 Å². The lowest BCUT2D eigenvalue weighted by molar-refractivity contribution is -0.119. The number of carbonyl (C=O) groups is 1. The molecule has 0 saturated carbocycles. The Morgan fingerprint density at radius 3 is 2.44 bits per heavy atom. The van der Waals surface area contributed by atoms with Gasteiger partial charge in [0.15, 0.2) is 0 Å². The zero-order chi connectivity index (χ0) is 19.7. The van der Waals surface area contributed by atoms with Crippen molar-refractivity contribution in [1.29, 1.82) is 0 Å². The Kier molecular flexibility index (Phi) is 8.57.